The van der Waals surface area contributed by atoms with Gasteiger partial charge in [-0.3, -0.25) is 9.78 Å². The van der Waals surface area contributed by atoms with E-state index in [1.807, 2.05) is 43.3 Å². The van der Waals surface area contributed by atoms with E-state index in [1.165, 1.54) is 12.1 Å². The predicted octanol–water partition coefficient (Wildman–Crippen LogP) is 7.99. The van der Waals surface area contributed by atoms with Crippen molar-refractivity contribution in [3.63, 3.8) is 0 Å². The van der Waals surface area contributed by atoms with Gasteiger partial charge in [-0.25, -0.2) is 13.9 Å². The second-order valence-electron chi connectivity index (χ2n) is 15.2. The molecule has 0 bridgehead atoms. The summed E-state index contributed by atoms with van der Waals surface area (Å²) >= 11 is 0. The summed E-state index contributed by atoms with van der Waals surface area (Å²) in [6.07, 6.45) is 6.11. The van der Waals surface area contributed by atoms with Gasteiger partial charge in [-0.1, -0.05) is 31.8 Å². The first-order valence-electron chi connectivity index (χ1n) is 17.3. The molecule has 12 heteroatoms. The number of aromatic nitrogens is 3. The molecular formula is C38H50FN5O5Si. The molecule has 1 fully saturated rings. The van der Waals surface area contributed by atoms with E-state index in [-0.39, 0.29) is 36.4 Å². The van der Waals surface area contributed by atoms with Crippen LogP contribution in [0.1, 0.15) is 56.5 Å². The minimum absolute atomic E-state index is 0.0845. The highest BCUT2D eigenvalue weighted by molar-refractivity contribution is 6.76. The summed E-state index contributed by atoms with van der Waals surface area (Å²) in [5.41, 5.74) is 2.90. The lowest BCUT2D eigenvalue weighted by atomic mass is 9.84. The van der Waals surface area contributed by atoms with Crippen molar-refractivity contribution in [2.75, 3.05) is 20.3 Å². The number of carbonyl (C=O) groups excluding carboxylic acids is 2. The average Bonchev–Trinajstić information content (AvgIpc) is 3.44. The Morgan fingerprint density at radius 3 is 2.48 bits per heavy atom. The Morgan fingerprint density at radius 1 is 1.04 bits per heavy atom. The van der Waals surface area contributed by atoms with Crippen molar-refractivity contribution >= 4 is 31.0 Å². The van der Waals surface area contributed by atoms with Crippen LogP contribution in [0.4, 0.5) is 9.18 Å². The molecule has 1 aliphatic rings. The lowest BCUT2D eigenvalue weighted by molar-refractivity contribution is -0.00281. The topological polar surface area (TPSA) is 99.0 Å². The third kappa shape index (κ3) is 9.08. The van der Waals surface area contributed by atoms with Gasteiger partial charge in [-0.05, 0) is 82.5 Å². The van der Waals surface area contributed by atoms with Gasteiger partial charge >= 0.3 is 6.09 Å². The van der Waals surface area contributed by atoms with Gasteiger partial charge in [0.15, 0.2) is 0 Å². The standard InChI is InChI=1S/C38H50FN5O5Si/c1-9-48-34-18-27(13-14-33(34)26-11-10-12-30(39)17-26)36(45)43(32-19-31(20-32)42(5)37(46)49-38(2,3)4)24-29-22-40-21-28-23-41-44(35(28)29)25-47-15-16-50(6,7)8/h10-14,17-18,21-23,31-32H,9,15-16,19-20,24-25H2,1-8H3. The van der Waals surface area contributed by atoms with Crippen molar-refractivity contribution < 1.29 is 28.2 Å². The number of ether oxygens (including phenoxy) is 3. The quantitative estimate of drug-likeness (QED) is 0.103. The van der Waals surface area contributed by atoms with Gasteiger partial charge in [0.2, 0.25) is 0 Å². The molecule has 0 N–H and O–H groups in total. The van der Waals surface area contributed by atoms with Gasteiger partial charge in [0.1, 0.15) is 23.9 Å². The molecule has 0 radical (unpaired) electrons. The van der Waals surface area contributed by atoms with Crippen LogP contribution in [0.3, 0.4) is 0 Å². The minimum atomic E-state index is -1.26. The van der Waals surface area contributed by atoms with Gasteiger partial charge < -0.3 is 24.0 Å². The summed E-state index contributed by atoms with van der Waals surface area (Å²) in [5, 5.41) is 5.46. The fraction of sp³-hybridized carbons (Fsp3) is 0.474. The van der Waals surface area contributed by atoms with E-state index in [0.717, 1.165) is 22.5 Å². The molecule has 0 aliphatic heterocycles. The van der Waals surface area contributed by atoms with E-state index in [1.54, 1.807) is 54.8 Å². The number of hydrogen-bond donors (Lipinski definition) is 0. The lowest BCUT2D eigenvalue weighted by Crippen LogP contribution is -2.56. The van der Waals surface area contributed by atoms with Gasteiger partial charge in [0.25, 0.3) is 5.91 Å². The van der Waals surface area contributed by atoms with Crippen LogP contribution in [-0.4, -0.2) is 82.6 Å². The maximum atomic E-state index is 14.5. The van der Waals surface area contributed by atoms with Crippen molar-refractivity contribution in [3.8, 4) is 16.9 Å². The Hall–Kier alpha value is -4.29. The molecule has 0 spiro atoms. The largest absolute Gasteiger partial charge is 0.493 e. The van der Waals surface area contributed by atoms with Crippen LogP contribution in [0.5, 0.6) is 5.75 Å². The number of halogens is 1. The van der Waals surface area contributed by atoms with E-state index >= 15 is 0 Å². The molecule has 0 atom stereocenters. The monoisotopic (exact) mass is 703 g/mol. The highest BCUT2D eigenvalue weighted by atomic mass is 28.3. The summed E-state index contributed by atoms with van der Waals surface area (Å²) in [4.78, 5) is 35.4. The number of hydrogen-bond acceptors (Lipinski definition) is 7. The first kappa shape index (κ1) is 37.0. The molecule has 1 saturated carbocycles. The third-order valence-electron chi connectivity index (χ3n) is 8.85. The summed E-state index contributed by atoms with van der Waals surface area (Å²) in [6.45, 7) is 16.0. The van der Waals surface area contributed by atoms with E-state index in [9.17, 15) is 14.0 Å². The highest BCUT2D eigenvalue weighted by Gasteiger charge is 2.41. The Morgan fingerprint density at radius 2 is 1.80 bits per heavy atom. The van der Waals surface area contributed by atoms with Crippen molar-refractivity contribution in [1.29, 1.82) is 0 Å². The number of benzene rings is 2. The fourth-order valence-electron chi connectivity index (χ4n) is 6.01. The van der Waals surface area contributed by atoms with Crippen LogP contribution in [0.25, 0.3) is 22.0 Å². The van der Waals surface area contributed by atoms with Gasteiger partial charge in [-0.2, -0.15) is 5.10 Å². The Bertz CT molecular complexity index is 1810. The number of nitrogens with zero attached hydrogens (tertiary/aromatic N) is 5. The molecule has 268 valence electrons. The zero-order valence-electron chi connectivity index (χ0n) is 30.5. The number of amides is 2. The average molecular weight is 704 g/mol. The Kier molecular flexibility index (Phi) is 11.3. The SMILES string of the molecule is CCOc1cc(C(=O)N(Cc2cncc3cnn(COCC[Si](C)(C)C)c23)C2CC(N(C)C(=O)OC(C)(C)C)C2)ccc1-c1cccc(F)c1. The van der Waals surface area contributed by atoms with Crippen LogP contribution >= 0.6 is 0 Å². The number of rotatable bonds is 13. The van der Waals surface area contributed by atoms with Crippen molar-refractivity contribution in [2.24, 2.45) is 0 Å². The minimum Gasteiger partial charge on any atom is -0.493 e. The molecule has 0 saturated heterocycles. The molecule has 0 unspecified atom stereocenters. The Labute approximate surface area is 295 Å². The van der Waals surface area contributed by atoms with Crippen LogP contribution in [0, 0.1) is 5.82 Å². The van der Waals surface area contributed by atoms with Crippen molar-refractivity contribution in [3.05, 3.63) is 78.0 Å². The second kappa shape index (κ2) is 15.3. The summed E-state index contributed by atoms with van der Waals surface area (Å²) < 4.78 is 33.6. The van der Waals surface area contributed by atoms with Crippen molar-refractivity contribution in [2.45, 2.75) is 97.2 Å². The maximum absolute atomic E-state index is 14.5. The van der Waals surface area contributed by atoms with Crippen LogP contribution in [-0.2, 0) is 22.7 Å². The molecule has 2 amide bonds. The van der Waals surface area contributed by atoms with Gasteiger partial charge in [0, 0.05) is 74.8 Å². The normalized spacial score (nSPS) is 16.2. The number of carbonyl (C=O) groups is 2. The first-order chi connectivity index (χ1) is 23.6. The van der Waals surface area contributed by atoms with Crippen LogP contribution < -0.4 is 4.74 Å². The molecule has 5 rings (SSSR count). The van der Waals surface area contributed by atoms with Gasteiger partial charge in [-0.15, -0.1) is 0 Å². The smallest absolute Gasteiger partial charge is 0.410 e. The summed E-state index contributed by atoms with van der Waals surface area (Å²) in [6, 6.07) is 12.4. The molecule has 10 nitrogen and oxygen atoms in total. The molecule has 4 aromatic rings. The first-order valence-corrected chi connectivity index (χ1v) is 21.0. The van der Waals surface area contributed by atoms with Gasteiger partial charge in [0.05, 0.1) is 18.3 Å². The fourth-order valence-corrected chi connectivity index (χ4v) is 6.77. The zero-order chi connectivity index (χ0) is 36.2. The molecular weight excluding hydrogens is 654 g/mol. The Balaban J connectivity index is 1.45. The maximum Gasteiger partial charge on any atom is 0.410 e. The molecule has 1 aliphatic carbocycles. The van der Waals surface area contributed by atoms with E-state index in [2.05, 4.69) is 29.7 Å². The molecule has 2 aromatic heterocycles. The van der Waals surface area contributed by atoms with Crippen molar-refractivity contribution in [1.82, 2.24) is 24.6 Å². The summed E-state index contributed by atoms with van der Waals surface area (Å²) in [7, 11) is 0.486. The predicted molar refractivity (Wildman–Crippen MR) is 195 cm³/mol. The highest BCUT2D eigenvalue weighted by Crippen LogP contribution is 2.36. The third-order valence-corrected chi connectivity index (χ3v) is 10.6. The van der Waals surface area contributed by atoms with Crippen LogP contribution in [0.2, 0.25) is 25.7 Å². The second-order valence-corrected chi connectivity index (χ2v) is 20.8. The molecule has 50 heavy (non-hydrogen) atoms. The van der Waals surface area contributed by atoms with E-state index in [4.69, 9.17) is 14.2 Å². The number of fused-ring (bicyclic) bond motifs is 1. The van der Waals surface area contributed by atoms with E-state index < -0.39 is 13.7 Å². The number of pyridine rings is 1. The van der Waals surface area contributed by atoms with E-state index in [0.29, 0.717) is 55.2 Å². The molecule has 2 aromatic carbocycles. The lowest BCUT2D eigenvalue weighted by Gasteiger charge is -2.46. The summed E-state index contributed by atoms with van der Waals surface area (Å²) in [5.74, 6) is -0.0393. The zero-order valence-corrected chi connectivity index (χ0v) is 31.5. The molecule has 2 heterocycles. The van der Waals surface area contributed by atoms with Crippen LogP contribution in [0.15, 0.2) is 61.1 Å².